The van der Waals surface area contributed by atoms with E-state index in [4.69, 9.17) is 25.7 Å². The first kappa shape index (κ1) is 33.8. The molecule has 6 atom stereocenters. The Labute approximate surface area is 260 Å². The van der Waals surface area contributed by atoms with Gasteiger partial charge in [0.2, 0.25) is 5.60 Å². The van der Waals surface area contributed by atoms with Crippen LogP contribution in [0.4, 0.5) is 0 Å². The molecule has 5 unspecified atom stereocenters. The number of hydrogen-bond acceptors (Lipinski definition) is 11. The van der Waals surface area contributed by atoms with Crippen molar-refractivity contribution in [1.29, 1.82) is 0 Å². The number of benzene rings is 1. The van der Waals surface area contributed by atoms with Crippen LogP contribution >= 0.6 is 11.6 Å². The van der Waals surface area contributed by atoms with Gasteiger partial charge in [-0.2, -0.15) is 0 Å². The Hall–Kier alpha value is -3.11. The van der Waals surface area contributed by atoms with Crippen molar-refractivity contribution in [3.63, 3.8) is 0 Å². The highest BCUT2D eigenvalue weighted by atomic mass is 35.5. The smallest absolute Gasteiger partial charge is 0.407 e. The number of pyridine rings is 1. The second-order valence-corrected chi connectivity index (χ2v) is 11.8. The molecule has 2 aliphatic rings. The number of nitrogens with one attached hydrogen (secondary N) is 2. The molecule has 1 aromatic heterocycles. The molecule has 15 heteroatoms. The average molecular weight is 633 g/mol. The summed E-state index contributed by atoms with van der Waals surface area (Å²) in [5.41, 5.74) is -0.0812. The van der Waals surface area contributed by atoms with Crippen molar-refractivity contribution in [2.45, 2.75) is 69.1 Å². The zero-order valence-corrected chi connectivity index (χ0v) is 25.3. The zero-order valence-electron chi connectivity index (χ0n) is 24.5. The van der Waals surface area contributed by atoms with Gasteiger partial charge >= 0.3 is 7.12 Å². The van der Waals surface area contributed by atoms with Gasteiger partial charge in [-0.05, 0) is 30.0 Å². The summed E-state index contributed by atoms with van der Waals surface area (Å²) >= 11 is 5.90. The fraction of sp³-hybridized carbons (Fsp3) is 0.517. The molecule has 4 rings (SSSR count). The molecular weight excluding hydrogens is 595 g/mol. The number of halogens is 1. The number of nitrogens with zero attached hydrogens (tertiary/aromatic N) is 2. The third-order valence-electron chi connectivity index (χ3n) is 7.38. The molecule has 0 bridgehead atoms. The van der Waals surface area contributed by atoms with E-state index in [1.807, 2.05) is 44.2 Å². The molecule has 0 spiro atoms. The van der Waals surface area contributed by atoms with Crippen LogP contribution < -0.4 is 10.6 Å². The summed E-state index contributed by atoms with van der Waals surface area (Å²) in [5.74, 6) is -1.64. The minimum Gasteiger partial charge on any atom is -0.407 e. The van der Waals surface area contributed by atoms with Gasteiger partial charge in [-0.1, -0.05) is 67.0 Å². The van der Waals surface area contributed by atoms with Crippen LogP contribution in [0.15, 0.2) is 53.7 Å². The van der Waals surface area contributed by atoms with Crippen LogP contribution in [-0.2, 0) is 25.4 Å². The van der Waals surface area contributed by atoms with Crippen LogP contribution in [0.25, 0.3) is 0 Å². The van der Waals surface area contributed by atoms with Crippen LogP contribution in [0.1, 0.15) is 42.7 Å². The van der Waals surface area contributed by atoms with Gasteiger partial charge in [0, 0.05) is 12.8 Å². The molecule has 3 heterocycles. The van der Waals surface area contributed by atoms with E-state index in [2.05, 4.69) is 20.8 Å². The van der Waals surface area contributed by atoms with Gasteiger partial charge in [-0.3, -0.25) is 9.59 Å². The predicted octanol–water partition coefficient (Wildman–Crippen LogP) is 0.271. The van der Waals surface area contributed by atoms with Crippen LogP contribution in [-0.4, -0.2) is 106 Å². The average Bonchev–Trinajstić information content (AvgIpc) is 3.43. The van der Waals surface area contributed by atoms with E-state index >= 15 is 0 Å². The summed E-state index contributed by atoms with van der Waals surface area (Å²) in [6, 6.07) is 14.0. The Bertz CT molecular complexity index is 1310. The molecule has 0 aliphatic carbocycles. The summed E-state index contributed by atoms with van der Waals surface area (Å²) in [5, 5.41) is 50.1. The molecule has 238 valence electrons. The molecule has 1 fully saturated rings. The zero-order chi connectivity index (χ0) is 31.9. The first-order valence-corrected chi connectivity index (χ1v) is 14.8. The number of carbonyl (C=O) groups excluding carboxylic acids is 2. The maximum absolute atomic E-state index is 14.1. The second kappa shape index (κ2) is 15.3. The predicted molar refractivity (Wildman–Crippen MR) is 161 cm³/mol. The molecule has 0 radical (unpaired) electrons. The lowest BCUT2D eigenvalue weighted by Crippen LogP contribution is -2.63. The van der Waals surface area contributed by atoms with Crippen molar-refractivity contribution < 1.29 is 44.2 Å². The molecule has 0 saturated carbocycles. The van der Waals surface area contributed by atoms with E-state index in [1.54, 1.807) is 12.1 Å². The Kier molecular flexibility index (Phi) is 11.7. The van der Waals surface area contributed by atoms with Crippen molar-refractivity contribution in [2.24, 2.45) is 11.1 Å². The monoisotopic (exact) mass is 632 g/mol. The first-order chi connectivity index (χ1) is 21.0. The number of rotatable bonds is 13. The van der Waals surface area contributed by atoms with Crippen LogP contribution in [0.5, 0.6) is 0 Å². The molecule has 44 heavy (non-hydrogen) atoms. The van der Waals surface area contributed by atoms with Gasteiger partial charge in [-0.15, -0.1) is 0 Å². The minimum atomic E-state index is -1.59. The molecule has 6 N–H and O–H groups in total. The molecule has 13 nitrogen and oxygen atoms in total. The normalized spacial score (nSPS) is 23.8. The number of aliphatic hydroxyl groups excluding tert-OH is 4. The SMILES string of the molecule is CC(C)C[C@H](NC(=O)C1(Cc2ccccc2)CC(CNC(=O)c2cccc(Cl)n2)=NO1)B1OCC(O)C(C(O)C(O)CO)O1. The number of aliphatic hydroxyl groups is 4. The van der Waals surface area contributed by atoms with Crippen LogP contribution in [0.3, 0.4) is 0 Å². The van der Waals surface area contributed by atoms with Gasteiger partial charge in [0.25, 0.3) is 11.8 Å². The van der Waals surface area contributed by atoms with Crippen LogP contribution in [0, 0.1) is 5.92 Å². The largest absolute Gasteiger partial charge is 0.481 e. The third-order valence-corrected chi connectivity index (χ3v) is 7.59. The Morgan fingerprint density at radius 3 is 2.59 bits per heavy atom. The topological polar surface area (TPSA) is 192 Å². The number of aromatic nitrogens is 1. The number of amides is 2. The lowest BCUT2D eigenvalue weighted by atomic mass is 9.71. The molecular formula is C29H38BClN4O9. The van der Waals surface area contributed by atoms with Crippen molar-refractivity contribution >= 4 is 36.2 Å². The fourth-order valence-electron chi connectivity index (χ4n) is 5.14. The first-order valence-electron chi connectivity index (χ1n) is 14.4. The summed E-state index contributed by atoms with van der Waals surface area (Å²) in [6.07, 6.45) is -5.04. The van der Waals surface area contributed by atoms with Crippen molar-refractivity contribution in [2.75, 3.05) is 19.8 Å². The molecule has 1 saturated heterocycles. The van der Waals surface area contributed by atoms with Gasteiger partial charge < -0.3 is 45.2 Å². The van der Waals surface area contributed by atoms with Crippen LogP contribution in [0.2, 0.25) is 5.15 Å². The van der Waals surface area contributed by atoms with E-state index in [0.29, 0.717) is 12.1 Å². The molecule has 2 aromatic rings. The Balaban J connectivity index is 1.50. The quantitative estimate of drug-likeness (QED) is 0.132. The summed E-state index contributed by atoms with van der Waals surface area (Å²) in [4.78, 5) is 36.6. The van der Waals surface area contributed by atoms with Gasteiger partial charge in [0.05, 0.1) is 37.5 Å². The third kappa shape index (κ3) is 8.54. The van der Waals surface area contributed by atoms with E-state index in [-0.39, 0.29) is 42.8 Å². The maximum Gasteiger partial charge on any atom is 0.481 e. The van der Waals surface area contributed by atoms with Gasteiger partial charge in [-0.25, -0.2) is 4.98 Å². The maximum atomic E-state index is 14.1. The molecule has 2 amide bonds. The van der Waals surface area contributed by atoms with Gasteiger partial charge in [0.1, 0.15) is 29.2 Å². The highest BCUT2D eigenvalue weighted by Crippen LogP contribution is 2.30. The minimum absolute atomic E-state index is 0.00571. The second-order valence-electron chi connectivity index (χ2n) is 11.4. The highest BCUT2D eigenvalue weighted by Gasteiger charge is 2.50. The van der Waals surface area contributed by atoms with E-state index in [9.17, 15) is 30.0 Å². The summed E-state index contributed by atoms with van der Waals surface area (Å²) in [6.45, 7) is 2.94. The van der Waals surface area contributed by atoms with Crippen molar-refractivity contribution in [3.05, 3.63) is 64.9 Å². The highest BCUT2D eigenvalue weighted by molar-refractivity contribution is 6.47. The van der Waals surface area contributed by atoms with Crippen molar-refractivity contribution in [3.8, 4) is 0 Å². The Morgan fingerprint density at radius 1 is 1.16 bits per heavy atom. The van der Waals surface area contributed by atoms with Gasteiger partial charge in [0.15, 0.2) is 0 Å². The standard InChI is InChI=1S/C29H38BClN4O9/c1-17(2)11-23(30-42-16-22(38)26(43-30)25(39)21(37)15-36)34-28(41)29(12-18-7-4-3-5-8-18)13-19(35-44-29)14-32-27(40)20-9-6-10-24(31)33-20/h3-10,17,21-23,25-26,36-39H,11-16H2,1-2H3,(H,32,40)(H,34,41)/t21?,22?,23-,25?,26?,29?/m0/s1. The summed E-state index contributed by atoms with van der Waals surface area (Å²) in [7, 11) is -1.09. The number of hydrogen-bond donors (Lipinski definition) is 6. The Morgan fingerprint density at radius 2 is 1.91 bits per heavy atom. The number of oxime groups is 1. The van der Waals surface area contributed by atoms with E-state index in [0.717, 1.165) is 5.56 Å². The summed E-state index contributed by atoms with van der Waals surface area (Å²) < 4.78 is 11.6. The molecule has 1 aromatic carbocycles. The number of carbonyl (C=O) groups is 2. The molecule has 2 aliphatic heterocycles. The van der Waals surface area contributed by atoms with E-state index < -0.39 is 61.5 Å². The van der Waals surface area contributed by atoms with E-state index in [1.165, 1.54) is 6.07 Å². The lowest BCUT2D eigenvalue weighted by molar-refractivity contribution is -0.147. The fourth-order valence-corrected chi connectivity index (χ4v) is 5.30. The lowest BCUT2D eigenvalue weighted by Gasteiger charge is -2.39. The van der Waals surface area contributed by atoms with Crippen molar-refractivity contribution in [1.82, 2.24) is 15.6 Å².